The van der Waals surface area contributed by atoms with Crippen molar-refractivity contribution in [1.82, 2.24) is 4.98 Å². The predicted octanol–water partition coefficient (Wildman–Crippen LogP) is 4.03. The van der Waals surface area contributed by atoms with Gasteiger partial charge in [-0.05, 0) is 69.8 Å². The van der Waals surface area contributed by atoms with E-state index in [9.17, 15) is 4.79 Å². The molecule has 0 atom stereocenters. The smallest absolute Gasteiger partial charge is 0.256 e. The summed E-state index contributed by atoms with van der Waals surface area (Å²) in [6.45, 7) is 2.07. The lowest BCUT2D eigenvalue weighted by atomic mass is 10.1. The van der Waals surface area contributed by atoms with E-state index in [0.717, 1.165) is 24.2 Å². The van der Waals surface area contributed by atoms with Crippen LogP contribution in [0, 0.1) is 14.2 Å². The Kier molecular flexibility index (Phi) is 3.42. The van der Waals surface area contributed by atoms with Gasteiger partial charge in [-0.3, -0.25) is 4.79 Å². The van der Waals surface area contributed by atoms with Gasteiger partial charge in [0.25, 0.3) is 5.91 Å². The number of amides is 1. The molecule has 2 heterocycles. The zero-order chi connectivity index (χ0) is 13.6. The third-order valence-electron chi connectivity index (χ3n) is 3.14. The van der Waals surface area contributed by atoms with E-state index >= 15 is 0 Å². The summed E-state index contributed by atoms with van der Waals surface area (Å²) >= 11 is 4.58. The molecule has 1 aliphatic heterocycles. The molecule has 1 aromatic heterocycles. The van der Waals surface area contributed by atoms with Gasteiger partial charge in [-0.15, -0.1) is 0 Å². The molecule has 3 nitrogen and oxygen atoms in total. The second-order valence-electron chi connectivity index (χ2n) is 4.35. The SMILES string of the molecule is Cc1c(I)[nH]c(C=C2C(=O)Nc3ccccc32)c1I. The van der Waals surface area contributed by atoms with Crippen LogP contribution in [0.4, 0.5) is 5.69 Å². The van der Waals surface area contributed by atoms with Crippen LogP contribution in [0.3, 0.4) is 0 Å². The predicted molar refractivity (Wildman–Crippen MR) is 93.9 cm³/mol. The Hall–Kier alpha value is -0.830. The molecule has 0 saturated heterocycles. The Balaban J connectivity index is 2.14. The minimum atomic E-state index is -0.0424. The van der Waals surface area contributed by atoms with Crippen LogP contribution in [-0.2, 0) is 4.79 Å². The highest BCUT2D eigenvalue weighted by molar-refractivity contribution is 14.1. The third-order valence-corrected chi connectivity index (χ3v) is 5.61. The number of halogens is 2. The van der Waals surface area contributed by atoms with Gasteiger partial charge < -0.3 is 10.3 Å². The quantitative estimate of drug-likeness (QED) is 0.475. The fourth-order valence-electron chi connectivity index (χ4n) is 2.09. The molecule has 2 aromatic rings. The zero-order valence-electron chi connectivity index (χ0n) is 10.1. The maximum atomic E-state index is 12.0. The highest BCUT2D eigenvalue weighted by atomic mass is 127. The first-order valence-electron chi connectivity index (χ1n) is 5.74. The lowest BCUT2D eigenvalue weighted by Gasteiger charge is -1.97. The van der Waals surface area contributed by atoms with Crippen molar-refractivity contribution in [2.24, 2.45) is 0 Å². The molecule has 0 unspecified atom stereocenters. The second kappa shape index (κ2) is 4.93. The monoisotopic (exact) mass is 476 g/mol. The Morgan fingerprint density at radius 1 is 1.21 bits per heavy atom. The van der Waals surface area contributed by atoms with E-state index in [-0.39, 0.29) is 5.91 Å². The van der Waals surface area contributed by atoms with Gasteiger partial charge >= 0.3 is 0 Å². The Bertz CT molecular complexity index is 716. The van der Waals surface area contributed by atoms with Crippen LogP contribution in [0.15, 0.2) is 24.3 Å². The van der Waals surface area contributed by atoms with Crippen molar-refractivity contribution in [3.63, 3.8) is 0 Å². The van der Waals surface area contributed by atoms with Gasteiger partial charge in [0.15, 0.2) is 0 Å². The molecule has 1 aliphatic rings. The number of hydrogen-bond donors (Lipinski definition) is 2. The fourth-order valence-corrected chi connectivity index (χ4v) is 3.73. The number of hydrogen-bond acceptors (Lipinski definition) is 1. The largest absolute Gasteiger partial charge is 0.349 e. The van der Waals surface area contributed by atoms with Crippen LogP contribution < -0.4 is 5.32 Å². The lowest BCUT2D eigenvalue weighted by Crippen LogP contribution is -2.03. The van der Waals surface area contributed by atoms with Crippen LogP contribution in [-0.4, -0.2) is 10.9 Å². The number of aromatic nitrogens is 1. The summed E-state index contributed by atoms with van der Waals surface area (Å²) < 4.78 is 2.27. The first-order chi connectivity index (χ1) is 9.08. The van der Waals surface area contributed by atoms with Crippen molar-refractivity contribution in [1.29, 1.82) is 0 Å². The van der Waals surface area contributed by atoms with Gasteiger partial charge in [-0.25, -0.2) is 0 Å². The molecule has 1 aromatic carbocycles. The molecule has 5 heteroatoms. The van der Waals surface area contributed by atoms with E-state index in [4.69, 9.17) is 0 Å². The van der Waals surface area contributed by atoms with E-state index < -0.39 is 0 Å². The average Bonchev–Trinajstić information content (AvgIpc) is 2.83. The van der Waals surface area contributed by atoms with Crippen molar-refractivity contribution >= 4 is 68.4 Å². The van der Waals surface area contributed by atoms with Gasteiger partial charge in [-0.2, -0.15) is 0 Å². The topological polar surface area (TPSA) is 44.9 Å². The summed E-state index contributed by atoms with van der Waals surface area (Å²) in [6.07, 6.45) is 1.93. The van der Waals surface area contributed by atoms with Crippen molar-refractivity contribution in [2.45, 2.75) is 6.92 Å². The van der Waals surface area contributed by atoms with Gasteiger partial charge in [0, 0.05) is 14.8 Å². The highest BCUT2D eigenvalue weighted by Crippen LogP contribution is 2.34. The van der Waals surface area contributed by atoms with Crippen molar-refractivity contribution < 1.29 is 4.79 Å². The molecule has 96 valence electrons. The summed E-state index contributed by atoms with van der Waals surface area (Å²) in [6, 6.07) is 7.75. The maximum Gasteiger partial charge on any atom is 0.256 e. The number of carbonyl (C=O) groups is 1. The summed E-state index contributed by atoms with van der Waals surface area (Å²) in [5.41, 5.74) is 4.77. The number of para-hydroxylation sites is 1. The van der Waals surface area contributed by atoms with Crippen LogP contribution >= 0.6 is 45.2 Å². The molecular formula is C14H10I2N2O. The number of fused-ring (bicyclic) bond motifs is 1. The molecule has 0 bridgehead atoms. The van der Waals surface area contributed by atoms with Crippen LogP contribution in [0.1, 0.15) is 16.8 Å². The van der Waals surface area contributed by atoms with E-state index in [2.05, 4.69) is 62.4 Å². The summed E-state index contributed by atoms with van der Waals surface area (Å²) in [4.78, 5) is 15.4. The molecule has 0 spiro atoms. The number of H-pyrrole nitrogens is 1. The normalized spacial score (nSPS) is 15.7. The standard InChI is InChI=1S/C14H10I2N2O/c1-7-12(15)11(17-13(7)16)6-9-8-4-2-3-5-10(8)18-14(9)19/h2-6,17H,1H3,(H,18,19). The molecular weight excluding hydrogens is 466 g/mol. The average molecular weight is 476 g/mol. The molecule has 2 N–H and O–H groups in total. The molecule has 0 saturated carbocycles. The zero-order valence-corrected chi connectivity index (χ0v) is 14.4. The number of benzene rings is 1. The highest BCUT2D eigenvalue weighted by Gasteiger charge is 2.24. The second-order valence-corrected chi connectivity index (χ2v) is 6.51. The van der Waals surface area contributed by atoms with E-state index in [0.29, 0.717) is 5.57 Å². The summed E-state index contributed by atoms with van der Waals surface area (Å²) in [7, 11) is 0. The third kappa shape index (κ3) is 2.22. The van der Waals surface area contributed by atoms with Crippen molar-refractivity contribution in [3.8, 4) is 0 Å². The van der Waals surface area contributed by atoms with Crippen LogP contribution in [0.2, 0.25) is 0 Å². The summed E-state index contributed by atoms with van der Waals surface area (Å²) in [5, 5.41) is 2.88. The Morgan fingerprint density at radius 3 is 2.63 bits per heavy atom. The van der Waals surface area contributed by atoms with Crippen molar-refractivity contribution in [3.05, 3.63) is 48.4 Å². The lowest BCUT2D eigenvalue weighted by molar-refractivity contribution is -0.110. The summed E-state index contributed by atoms with van der Waals surface area (Å²) in [5.74, 6) is -0.0424. The first kappa shape index (κ1) is 13.2. The maximum absolute atomic E-state index is 12.0. The van der Waals surface area contributed by atoms with E-state index in [1.165, 1.54) is 5.56 Å². The van der Waals surface area contributed by atoms with Crippen LogP contribution in [0.5, 0.6) is 0 Å². The number of rotatable bonds is 1. The van der Waals surface area contributed by atoms with Gasteiger partial charge in [-0.1, -0.05) is 18.2 Å². The Morgan fingerprint density at radius 2 is 1.95 bits per heavy atom. The first-order valence-corrected chi connectivity index (χ1v) is 7.89. The minimum absolute atomic E-state index is 0.0424. The van der Waals surface area contributed by atoms with Gasteiger partial charge in [0.1, 0.15) is 0 Å². The van der Waals surface area contributed by atoms with Crippen molar-refractivity contribution in [2.75, 3.05) is 5.32 Å². The Labute approximate surface area is 138 Å². The number of carbonyl (C=O) groups excluding carboxylic acids is 1. The minimum Gasteiger partial charge on any atom is -0.349 e. The number of anilines is 1. The fraction of sp³-hybridized carbons (Fsp3) is 0.0714. The molecule has 0 radical (unpaired) electrons. The molecule has 3 rings (SSSR count). The van der Waals surface area contributed by atoms with Crippen LogP contribution in [0.25, 0.3) is 11.6 Å². The number of aromatic amines is 1. The van der Waals surface area contributed by atoms with E-state index in [1.54, 1.807) is 0 Å². The number of nitrogens with one attached hydrogen (secondary N) is 2. The van der Waals surface area contributed by atoms with Gasteiger partial charge in [0.05, 0.1) is 15.0 Å². The molecule has 0 aliphatic carbocycles. The molecule has 0 fully saturated rings. The molecule has 1 amide bonds. The van der Waals surface area contributed by atoms with Gasteiger partial charge in [0.2, 0.25) is 0 Å². The molecule has 19 heavy (non-hydrogen) atoms. The van der Waals surface area contributed by atoms with E-state index in [1.807, 2.05) is 30.3 Å².